The lowest BCUT2D eigenvalue weighted by molar-refractivity contribution is -0.120. The number of rotatable bonds is 5. The highest BCUT2D eigenvalue weighted by Crippen LogP contribution is 2.14. The number of oxazole rings is 1. The van der Waals surface area contributed by atoms with Gasteiger partial charge in [-0.05, 0) is 35.7 Å². The van der Waals surface area contributed by atoms with Crippen LogP contribution in [-0.2, 0) is 17.6 Å². The summed E-state index contributed by atoms with van der Waals surface area (Å²) >= 11 is 0. The van der Waals surface area contributed by atoms with E-state index in [0.29, 0.717) is 24.1 Å². The van der Waals surface area contributed by atoms with Gasteiger partial charge in [0.15, 0.2) is 12.0 Å². The van der Waals surface area contributed by atoms with E-state index in [1.165, 1.54) is 12.5 Å². The van der Waals surface area contributed by atoms with Gasteiger partial charge in [-0.1, -0.05) is 24.3 Å². The summed E-state index contributed by atoms with van der Waals surface area (Å²) in [4.78, 5) is 15.9. The molecule has 0 radical (unpaired) electrons. The Bertz CT molecular complexity index is 798. The van der Waals surface area contributed by atoms with Crippen molar-refractivity contribution in [1.82, 2.24) is 10.3 Å². The predicted molar refractivity (Wildman–Crippen MR) is 80.8 cm³/mol. The molecule has 1 amide bonds. The van der Waals surface area contributed by atoms with Crippen molar-refractivity contribution in [1.29, 1.82) is 0 Å². The fourth-order valence-electron chi connectivity index (χ4n) is 2.30. The summed E-state index contributed by atoms with van der Waals surface area (Å²) < 4.78 is 18.7. The second kappa shape index (κ2) is 6.39. The van der Waals surface area contributed by atoms with Gasteiger partial charge in [0.25, 0.3) is 0 Å². The van der Waals surface area contributed by atoms with Gasteiger partial charge in [-0.25, -0.2) is 9.37 Å². The average molecular weight is 298 g/mol. The maximum Gasteiger partial charge on any atom is 0.224 e. The van der Waals surface area contributed by atoms with Gasteiger partial charge in [0.2, 0.25) is 5.91 Å². The van der Waals surface area contributed by atoms with Gasteiger partial charge in [0.1, 0.15) is 11.3 Å². The van der Waals surface area contributed by atoms with E-state index in [-0.39, 0.29) is 18.1 Å². The molecule has 112 valence electrons. The first kappa shape index (κ1) is 14.3. The highest BCUT2D eigenvalue weighted by Gasteiger charge is 2.06. The van der Waals surface area contributed by atoms with Crippen molar-refractivity contribution < 1.29 is 13.6 Å². The van der Waals surface area contributed by atoms with Crippen molar-refractivity contribution in [3.05, 3.63) is 65.8 Å². The van der Waals surface area contributed by atoms with Crippen LogP contribution in [0.4, 0.5) is 4.39 Å². The number of nitrogens with one attached hydrogen (secondary N) is 1. The van der Waals surface area contributed by atoms with E-state index in [1.54, 1.807) is 24.3 Å². The number of hydrogen-bond donors (Lipinski definition) is 1. The zero-order valence-corrected chi connectivity index (χ0v) is 11.9. The predicted octanol–water partition coefficient (Wildman–Crippen LogP) is 2.87. The first-order valence-corrected chi connectivity index (χ1v) is 7.04. The highest BCUT2D eigenvalue weighted by molar-refractivity contribution is 5.80. The summed E-state index contributed by atoms with van der Waals surface area (Å²) in [5, 5.41) is 2.80. The zero-order chi connectivity index (χ0) is 15.4. The molecule has 3 aromatic rings. The van der Waals surface area contributed by atoms with E-state index in [2.05, 4.69) is 10.3 Å². The molecule has 1 aromatic heterocycles. The third kappa shape index (κ3) is 3.31. The summed E-state index contributed by atoms with van der Waals surface area (Å²) in [5.74, 6) is -0.345. The molecular weight excluding hydrogens is 283 g/mol. The van der Waals surface area contributed by atoms with Crippen molar-refractivity contribution >= 4 is 17.0 Å². The molecule has 0 saturated carbocycles. The van der Waals surface area contributed by atoms with Gasteiger partial charge in [-0.2, -0.15) is 0 Å². The fraction of sp³-hybridized carbons (Fsp3) is 0.176. The number of aromatic nitrogens is 1. The van der Waals surface area contributed by atoms with Crippen LogP contribution in [0.1, 0.15) is 11.1 Å². The van der Waals surface area contributed by atoms with E-state index in [9.17, 15) is 9.18 Å². The third-order valence-corrected chi connectivity index (χ3v) is 3.43. The first-order chi connectivity index (χ1) is 10.7. The summed E-state index contributed by atoms with van der Waals surface area (Å²) in [6, 6.07) is 12.0. The molecule has 4 nitrogen and oxygen atoms in total. The molecule has 0 spiro atoms. The Kier molecular flexibility index (Phi) is 4.14. The molecule has 0 aliphatic rings. The van der Waals surface area contributed by atoms with Crippen molar-refractivity contribution in [3.8, 4) is 0 Å². The highest BCUT2D eigenvalue weighted by atomic mass is 19.1. The second-order valence-electron chi connectivity index (χ2n) is 5.02. The largest absolute Gasteiger partial charge is 0.443 e. The van der Waals surface area contributed by atoms with Crippen LogP contribution in [0.3, 0.4) is 0 Å². The van der Waals surface area contributed by atoms with Crippen molar-refractivity contribution in [2.24, 2.45) is 0 Å². The van der Waals surface area contributed by atoms with Gasteiger partial charge in [-0.15, -0.1) is 0 Å². The van der Waals surface area contributed by atoms with Crippen molar-refractivity contribution in [3.63, 3.8) is 0 Å². The minimum Gasteiger partial charge on any atom is -0.443 e. The molecule has 5 heteroatoms. The van der Waals surface area contributed by atoms with Gasteiger partial charge in [0.05, 0.1) is 6.42 Å². The van der Waals surface area contributed by atoms with Gasteiger partial charge >= 0.3 is 0 Å². The molecule has 0 saturated heterocycles. The Hall–Kier alpha value is -2.69. The van der Waals surface area contributed by atoms with E-state index in [1.807, 2.05) is 12.1 Å². The van der Waals surface area contributed by atoms with E-state index in [4.69, 9.17) is 4.42 Å². The van der Waals surface area contributed by atoms with Crippen LogP contribution >= 0.6 is 0 Å². The fourth-order valence-corrected chi connectivity index (χ4v) is 2.30. The molecular formula is C17H15FN2O2. The lowest BCUT2D eigenvalue weighted by Gasteiger charge is -2.06. The molecule has 0 aliphatic carbocycles. The van der Waals surface area contributed by atoms with Crippen molar-refractivity contribution in [2.45, 2.75) is 12.8 Å². The Morgan fingerprint density at radius 1 is 1.23 bits per heavy atom. The minimum atomic E-state index is -0.243. The van der Waals surface area contributed by atoms with Crippen LogP contribution in [0.15, 0.2) is 53.3 Å². The number of fused-ring (bicyclic) bond motifs is 1. The number of hydrogen-bond acceptors (Lipinski definition) is 3. The molecule has 0 aliphatic heterocycles. The second-order valence-corrected chi connectivity index (χ2v) is 5.02. The Morgan fingerprint density at radius 3 is 2.95 bits per heavy atom. The number of carbonyl (C=O) groups is 1. The molecule has 22 heavy (non-hydrogen) atoms. The molecule has 2 aromatic carbocycles. The lowest BCUT2D eigenvalue weighted by Crippen LogP contribution is -2.27. The molecule has 1 N–H and O–H groups in total. The maximum atomic E-state index is 13.4. The molecule has 0 bridgehead atoms. The summed E-state index contributed by atoms with van der Waals surface area (Å²) in [5.41, 5.74) is 2.89. The molecule has 0 fully saturated rings. The van der Waals surface area contributed by atoms with E-state index < -0.39 is 0 Å². The zero-order valence-electron chi connectivity index (χ0n) is 11.9. The van der Waals surface area contributed by atoms with Crippen LogP contribution in [-0.4, -0.2) is 17.4 Å². The summed E-state index contributed by atoms with van der Waals surface area (Å²) in [6.45, 7) is 0.407. The molecule has 0 unspecified atom stereocenters. The Balaban J connectivity index is 1.53. The number of halogens is 1. The number of nitrogens with zero attached hydrogens (tertiary/aromatic N) is 1. The van der Waals surface area contributed by atoms with E-state index in [0.717, 1.165) is 11.1 Å². The summed E-state index contributed by atoms with van der Waals surface area (Å²) in [7, 11) is 0. The van der Waals surface area contributed by atoms with Crippen LogP contribution in [0.25, 0.3) is 11.1 Å². The number of amides is 1. The van der Waals surface area contributed by atoms with Crippen LogP contribution in [0.2, 0.25) is 0 Å². The first-order valence-electron chi connectivity index (χ1n) is 7.04. The van der Waals surface area contributed by atoms with Crippen LogP contribution in [0.5, 0.6) is 0 Å². The monoisotopic (exact) mass is 298 g/mol. The van der Waals surface area contributed by atoms with Gasteiger partial charge in [-0.3, -0.25) is 4.79 Å². The Labute approximate surface area is 127 Å². The standard InChI is InChI=1S/C17H15FN2O2/c18-14-4-2-1-3-13(14)7-8-19-17(21)10-12-5-6-15-16(9-12)22-11-20-15/h1-6,9,11H,7-8,10H2,(H,19,21). The SMILES string of the molecule is O=C(Cc1ccc2ncoc2c1)NCCc1ccccc1F. The third-order valence-electron chi connectivity index (χ3n) is 3.43. The smallest absolute Gasteiger partial charge is 0.224 e. The topological polar surface area (TPSA) is 55.1 Å². The normalized spacial score (nSPS) is 10.8. The number of benzene rings is 2. The Morgan fingerprint density at radius 2 is 2.09 bits per heavy atom. The molecule has 1 heterocycles. The molecule has 3 rings (SSSR count). The minimum absolute atomic E-state index is 0.102. The average Bonchev–Trinajstić information content (AvgIpc) is 2.97. The quantitative estimate of drug-likeness (QED) is 0.788. The van der Waals surface area contributed by atoms with Crippen LogP contribution in [0, 0.1) is 5.82 Å². The van der Waals surface area contributed by atoms with Gasteiger partial charge < -0.3 is 9.73 Å². The van der Waals surface area contributed by atoms with Gasteiger partial charge in [0, 0.05) is 6.54 Å². The lowest BCUT2D eigenvalue weighted by atomic mass is 10.1. The van der Waals surface area contributed by atoms with Crippen LogP contribution < -0.4 is 5.32 Å². The molecule has 0 atom stereocenters. The van der Waals surface area contributed by atoms with Crippen molar-refractivity contribution in [2.75, 3.05) is 6.54 Å². The maximum absolute atomic E-state index is 13.4. The van der Waals surface area contributed by atoms with E-state index >= 15 is 0 Å². The number of carbonyl (C=O) groups excluding carboxylic acids is 1. The summed E-state index contributed by atoms with van der Waals surface area (Å²) in [6.07, 6.45) is 2.11.